The van der Waals surface area contributed by atoms with Crippen molar-refractivity contribution in [2.75, 3.05) is 33.7 Å². The number of hydrazine groups is 1. The van der Waals surface area contributed by atoms with Crippen molar-refractivity contribution < 1.29 is 0 Å². The highest BCUT2D eigenvalue weighted by Crippen LogP contribution is 2.35. The van der Waals surface area contributed by atoms with Crippen LogP contribution in [0.4, 0.5) is 0 Å². The molecule has 0 fully saturated rings. The van der Waals surface area contributed by atoms with Gasteiger partial charge in [0.25, 0.3) is 0 Å². The number of nitrogens with one attached hydrogen (secondary N) is 2. The maximum absolute atomic E-state index is 5.98. The van der Waals surface area contributed by atoms with Crippen LogP contribution >= 0.6 is 0 Å². The van der Waals surface area contributed by atoms with E-state index in [0.29, 0.717) is 5.84 Å². The fourth-order valence-corrected chi connectivity index (χ4v) is 4.76. The summed E-state index contributed by atoms with van der Waals surface area (Å²) in [4.78, 5) is 6.97. The first kappa shape index (κ1) is 24.4. The van der Waals surface area contributed by atoms with Crippen molar-refractivity contribution in [2.45, 2.75) is 65.0 Å². The van der Waals surface area contributed by atoms with Gasteiger partial charge in [0, 0.05) is 37.4 Å². The lowest BCUT2D eigenvalue weighted by Gasteiger charge is -2.33. The normalized spacial score (nSPS) is 25.2. The Balaban J connectivity index is 1.72. The third-order valence-electron chi connectivity index (χ3n) is 6.61. The van der Waals surface area contributed by atoms with Gasteiger partial charge in [-0.15, -0.1) is 5.73 Å². The van der Waals surface area contributed by atoms with E-state index in [-0.39, 0.29) is 18.0 Å². The van der Waals surface area contributed by atoms with E-state index in [4.69, 9.17) is 10.7 Å². The summed E-state index contributed by atoms with van der Waals surface area (Å²) < 4.78 is 0. The highest BCUT2D eigenvalue weighted by Gasteiger charge is 2.31. The predicted molar refractivity (Wildman–Crippen MR) is 135 cm³/mol. The minimum atomic E-state index is 0.133. The van der Waals surface area contributed by atoms with Gasteiger partial charge in [-0.25, -0.2) is 5.43 Å². The van der Waals surface area contributed by atoms with Crippen molar-refractivity contribution in [3.8, 4) is 0 Å². The van der Waals surface area contributed by atoms with Gasteiger partial charge in [0.2, 0.25) is 0 Å². The molecule has 0 aromatic rings. The van der Waals surface area contributed by atoms with Crippen LogP contribution in [-0.2, 0) is 0 Å². The van der Waals surface area contributed by atoms with Crippen LogP contribution in [0.1, 0.15) is 52.9 Å². The summed E-state index contributed by atoms with van der Waals surface area (Å²) >= 11 is 0. The van der Waals surface area contributed by atoms with Crippen molar-refractivity contribution in [2.24, 2.45) is 16.6 Å². The van der Waals surface area contributed by atoms with Gasteiger partial charge in [-0.1, -0.05) is 12.7 Å². The molecule has 6 heteroatoms. The Kier molecular flexibility index (Phi) is 8.41. The molecule has 0 spiro atoms. The maximum Gasteiger partial charge on any atom is 0.0909 e. The van der Waals surface area contributed by atoms with Gasteiger partial charge in [0.05, 0.1) is 17.9 Å². The lowest BCUT2D eigenvalue weighted by atomic mass is 9.80. The van der Waals surface area contributed by atoms with Crippen LogP contribution in [0.25, 0.3) is 0 Å². The Bertz CT molecular complexity index is 852. The van der Waals surface area contributed by atoms with Crippen LogP contribution < -0.4 is 16.5 Å². The van der Waals surface area contributed by atoms with E-state index in [9.17, 15) is 0 Å². The first-order valence-corrected chi connectivity index (χ1v) is 12.0. The van der Waals surface area contributed by atoms with Crippen LogP contribution in [0.15, 0.2) is 57.6 Å². The molecule has 0 aromatic carbocycles. The van der Waals surface area contributed by atoms with Crippen LogP contribution in [-0.4, -0.2) is 61.6 Å². The molecule has 4 N–H and O–H groups in total. The third kappa shape index (κ3) is 6.61. The van der Waals surface area contributed by atoms with Gasteiger partial charge in [0.15, 0.2) is 0 Å². The van der Waals surface area contributed by atoms with Crippen molar-refractivity contribution >= 4 is 5.84 Å². The van der Waals surface area contributed by atoms with Crippen molar-refractivity contribution in [3.05, 3.63) is 52.6 Å². The van der Waals surface area contributed by atoms with Crippen molar-refractivity contribution in [1.82, 2.24) is 20.7 Å². The summed E-state index contributed by atoms with van der Waals surface area (Å²) in [7, 11) is 4.21. The molecule has 3 aliphatic rings. The number of hydrogen-bond donors (Lipinski definition) is 3. The topological polar surface area (TPSA) is 68.9 Å². The Hall–Kier alpha value is -2.27. The van der Waals surface area contributed by atoms with E-state index < -0.39 is 0 Å². The lowest BCUT2D eigenvalue weighted by molar-refractivity contribution is 0.264. The second-order valence-corrected chi connectivity index (χ2v) is 9.77. The van der Waals surface area contributed by atoms with Crippen molar-refractivity contribution in [1.29, 1.82) is 0 Å². The Morgan fingerprint density at radius 2 is 2.19 bits per heavy atom. The predicted octanol–water partition coefficient (Wildman–Crippen LogP) is 3.48. The van der Waals surface area contributed by atoms with E-state index in [1.54, 1.807) is 0 Å². The minimum Gasteiger partial charge on any atom is -0.388 e. The Morgan fingerprint density at radius 1 is 1.41 bits per heavy atom. The number of amidine groups is 1. The standard InChI is InChI=1S/C26H42N6/c1-18-8-7-9-22(14-18)19(2)29-20(3)25-15-23(10-11-26(25)30-21(4)27)24-16-28-32(17-24)13-12-31(5)6/h10,17,19,25-26,28-29H,3,7-9,11-13,15-16H2,1-2,4-6H3,(H2,27,30). The third-order valence-corrected chi connectivity index (χ3v) is 6.61. The molecule has 6 nitrogen and oxygen atoms in total. The number of rotatable bonds is 9. The smallest absolute Gasteiger partial charge is 0.0909 e. The van der Waals surface area contributed by atoms with Crippen molar-refractivity contribution in [3.63, 3.8) is 0 Å². The molecular formula is C26H42N6. The maximum atomic E-state index is 5.98. The lowest BCUT2D eigenvalue weighted by Crippen LogP contribution is -2.36. The molecule has 2 aliphatic carbocycles. The number of aliphatic imine (C=N–C) groups is 1. The van der Waals surface area contributed by atoms with Crippen LogP contribution in [0.5, 0.6) is 0 Å². The Morgan fingerprint density at radius 3 is 2.88 bits per heavy atom. The van der Waals surface area contributed by atoms with Crippen LogP contribution in [0.2, 0.25) is 0 Å². The summed E-state index contributed by atoms with van der Waals surface area (Å²) in [5.74, 6) is 0.866. The molecule has 0 radical (unpaired) electrons. The molecule has 32 heavy (non-hydrogen) atoms. The average Bonchev–Trinajstić information content (AvgIpc) is 3.21. The first-order chi connectivity index (χ1) is 15.2. The SMILES string of the molecule is C=C(NC(C)C1=C=C(C)CCC1)C1CC(C2=CN(CCN(C)C)NC2)=CCC1N=C(C)N. The largest absolute Gasteiger partial charge is 0.388 e. The fourth-order valence-electron chi connectivity index (χ4n) is 4.76. The fraction of sp³-hybridized carbons (Fsp3) is 0.615. The van der Waals surface area contributed by atoms with E-state index in [1.807, 2.05) is 6.92 Å². The van der Waals surface area contributed by atoms with Gasteiger partial charge in [0.1, 0.15) is 0 Å². The van der Waals surface area contributed by atoms with E-state index in [2.05, 4.69) is 73.2 Å². The summed E-state index contributed by atoms with van der Waals surface area (Å²) in [6.07, 6.45) is 9.93. The first-order valence-electron chi connectivity index (χ1n) is 12.0. The molecule has 0 aromatic heterocycles. The summed E-state index contributed by atoms with van der Waals surface area (Å²) in [6, 6.07) is 0.373. The summed E-state index contributed by atoms with van der Waals surface area (Å²) in [5, 5.41) is 5.91. The molecule has 3 atom stereocenters. The zero-order valence-electron chi connectivity index (χ0n) is 20.7. The molecule has 0 saturated carbocycles. The molecule has 3 rings (SSSR count). The highest BCUT2D eigenvalue weighted by atomic mass is 15.5. The van der Waals surface area contributed by atoms with Gasteiger partial charge >= 0.3 is 0 Å². The number of likely N-dealkylation sites (N-methyl/N-ethyl adjacent to an activating group) is 1. The van der Waals surface area contributed by atoms with Crippen LogP contribution in [0, 0.1) is 5.92 Å². The number of nitrogens with zero attached hydrogens (tertiary/aromatic N) is 3. The molecule has 1 aliphatic heterocycles. The zero-order valence-corrected chi connectivity index (χ0v) is 20.7. The summed E-state index contributed by atoms with van der Waals surface area (Å²) in [6.45, 7) is 13.6. The Labute approximate surface area is 194 Å². The number of hydrogen-bond acceptors (Lipinski definition) is 5. The molecule has 3 unspecified atom stereocenters. The monoisotopic (exact) mass is 438 g/mol. The molecule has 176 valence electrons. The zero-order chi connectivity index (χ0) is 23.3. The number of nitrogens with two attached hydrogens (primary N) is 1. The minimum absolute atomic E-state index is 0.133. The van der Waals surface area contributed by atoms with Crippen LogP contribution in [0.3, 0.4) is 0 Å². The molecule has 0 saturated heterocycles. The second kappa shape index (κ2) is 11.0. The quantitative estimate of drug-likeness (QED) is 0.292. The van der Waals surface area contributed by atoms with Gasteiger partial charge < -0.3 is 21.0 Å². The van der Waals surface area contributed by atoms with E-state index in [1.165, 1.54) is 28.7 Å². The van der Waals surface area contributed by atoms with E-state index in [0.717, 1.165) is 51.0 Å². The molecule has 0 bridgehead atoms. The molecule has 1 heterocycles. The molecule has 0 amide bonds. The van der Waals surface area contributed by atoms with Gasteiger partial charge in [-0.3, -0.25) is 4.99 Å². The summed E-state index contributed by atoms with van der Waals surface area (Å²) in [5.41, 5.74) is 19.6. The molecular weight excluding hydrogens is 396 g/mol. The highest BCUT2D eigenvalue weighted by molar-refractivity contribution is 5.77. The average molecular weight is 439 g/mol. The second-order valence-electron chi connectivity index (χ2n) is 9.77. The van der Waals surface area contributed by atoms with Gasteiger partial charge in [-0.05, 0) is 89.3 Å². The van der Waals surface area contributed by atoms with E-state index >= 15 is 0 Å². The van der Waals surface area contributed by atoms with Gasteiger partial charge in [-0.2, -0.15) is 0 Å².